The van der Waals surface area contributed by atoms with E-state index in [4.69, 9.17) is 9.15 Å². The fourth-order valence-electron chi connectivity index (χ4n) is 2.81. The van der Waals surface area contributed by atoms with Crippen LogP contribution in [0.3, 0.4) is 0 Å². The van der Waals surface area contributed by atoms with Gasteiger partial charge in [0.25, 0.3) is 0 Å². The van der Waals surface area contributed by atoms with Gasteiger partial charge < -0.3 is 9.15 Å². The van der Waals surface area contributed by atoms with Gasteiger partial charge in [0.2, 0.25) is 11.8 Å². The average Bonchev–Trinajstić information content (AvgIpc) is 3.10. The zero-order valence-electron chi connectivity index (χ0n) is 12.7. The van der Waals surface area contributed by atoms with Crippen LogP contribution in [0.4, 0.5) is 13.2 Å². The van der Waals surface area contributed by atoms with Crippen LogP contribution in [0.2, 0.25) is 0 Å². The number of likely N-dealkylation sites (tertiary alicyclic amines) is 1. The Bertz CT molecular complexity index is 707. The summed E-state index contributed by atoms with van der Waals surface area (Å²) in [5.41, 5.74) is 0.0712. The van der Waals surface area contributed by atoms with Gasteiger partial charge in [0, 0.05) is 38.8 Å². The van der Waals surface area contributed by atoms with Crippen molar-refractivity contribution in [3.63, 3.8) is 0 Å². The van der Waals surface area contributed by atoms with Crippen molar-refractivity contribution in [2.75, 3.05) is 13.7 Å². The zero-order chi connectivity index (χ0) is 16.6. The lowest BCUT2D eigenvalue weighted by atomic mass is 10.1. The van der Waals surface area contributed by atoms with Gasteiger partial charge >= 0.3 is 0 Å². The first-order valence-corrected chi connectivity index (χ1v) is 7.18. The monoisotopic (exact) mass is 327 g/mol. The molecule has 1 fully saturated rings. The molecule has 124 valence electrons. The molecule has 5 nitrogen and oxygen atoms in total. The van der Waals surface area contributed by atoms with Crippen molar-refractivity contribution in [3.05, 3.63) is 46.9 Å². The first-order chi connectivity index (χ1) is 11.0. The van der Waals surface area contributed by atoms with Gasteiger partial charge in [-0.1, -0.05) is 0 Å². The summed E-state index contributed by atoms with van der Waals surface area (Å²) in [6, 6.07) is 1.18. The fourth-order valence-corrected chi connectivity index (χ4v) is 2.81. The smallest absolute Gasteiger partial charge is 0.233 e. The molecule has 2 atom stereocenters. The van der Waals surface area contributed by atoms with Gasteiger partial charge in [-0.05, 0) is 12.5 Å². The highest BCUT2D eigenvalue weighted by atomic mass is 19.2. The van der Waals surface area contributed by atoms with Crippen molar-refractivity contribution in [1.29, 1.82) is 0 Å². The molecule has 8 heteroatoms. The average molecular weight is 327 g/mol. The van der Waals surface area contributed by atoms with E-state index in [0.29, 0.717) is 30.8 Å². The van der Waals surface area contributed by atoms with E-state index >= 15 is 0 Å². The van der Waals surface area contributed by atoms with Crippen LogP contribution in [0.5, 0.6) is 0 Å². The number of aromatic nitrogens is 2. The van der Waals surface area contributed by atoms with E-state index in [1.165, 1.54) is 0 Å². The molecular weight excluding hydrogens is 311 g/mol. The number of halogens is 3. The predicted octanol–water partition coefficient (Wildman–Crippen LogP) is 2.76. The number of ether oxygens (including phenoxy) is 1. The van der Waals surface area contributed by atoms with Crippen molar-refractivity contribution >= 4 is 0 Å². The minimum absolute atomic E-state index is 0.0712. The molecule has 1 aliphatic rings. The van der Waals surface area contributed by atoms with Crippen molar-refractivity contribution in [1.82, 2.24) is 15.1 Å². The maximum absolute atomic E-state index is 13.9. The van der Waals surface area contributed by atoms with Crippen molar-refractivity contribution in [3.8, 4) is 0 Å². The van der Waals surface area contributed by atoms with E-state index in [1.54, 1.807) is 14.0 Å². The molecule has 0 spiro atoms. The summed E-state index contributed by atoms with van der Waals surface area (Å²) < 4.78 is 51.1. The Kier molecular flexibility index (Phi) is 4.36. The summed E-state index contributed by atoms with van der Waals surface area (Å²) in [5, 5.41) is 7.80. The van der Waals surface area contributed by atoms with Crippen LogP contribution in [-0.2, 0) is 11.3 Å². The Balaban J connectivity index is 1.86. The van der Waals surface area contributed by atoms with E-state index < -0.39 is 17.5 Å². The molecule has 0 aliphatic carbocycles. The van der Waals surface area contributed by atoms with E-state index in [0.717, 1.165) is 6.07 Å². The largest absolute Gasteiger partial charge is 0.424 e. The Morgan fingerprint density at radius 3 is 2.61 bits per heavy atom. The minimum Gasteiger partial charge on any atom is -0.424 e. The molecule has 1 aromatic carbocycles. The summed E-state index contributed by atoms with van der Waals surface area (Å²) in [6.07, 6.45) is 0.518. The van der Waals surface area contributed by atoms with Crippen molar-refractivity contribution in [2.45, 2.75) is 32.0 Å². The quantitative estimate of drug-likeness (QED) is 0.808. The number of rotatable bonds is 4. The molecule has 23 heavy (non-hydrogen) atoms. The maximum Gasteiger partial charge on any atom is 0.233 e. The number of nitrogens with zero attached hydrogens (tertiary/aromatic N) is 3. The van der Waals surface area contributed by atoms with Crippen LogP contribution in [0, 0.1) is 24.4 Å². The molecule has 1 saturated heterocycles. The van der Waals surface area contributed by atoms with Gasteiger partial charge in [0.1, 0.15) is 5.82 Å². The third kappa shape index (κ3) is 3.23. The summed E-state index contributed by atoms with van der Waals surface area (Å²) >= 11 is 0. The summed E-state index contributed by atoms with van der Waals surface area (Å²) in [5.74, 6) is -2.23. The standard InChI is InChI=1S/C15H16F3N3O2/c1-8-19-20-15(23-8)14-4-10(22-2)7-21(14)6-9-3-12(17)13(18)5-11(9)16/h3,5,10,14H,4,6-7H2,1-2H3/t10-,14+/m0/s1. The number of hydrogen-bond donors (Lipinski definition) is 0. The van der Waals surface area contributed by atoms with Gasteiger partial charge in [0.15, 0.2) is 11.6 Å². The number of aryl methyl sites for hydroxylation is 1. The van der Waals surface area contributed by atoms with E-state index in [1.807, 2.05) is 4.90 Å². The van der Waals surface area contributed by atoms with Gasteiger partial charge in [-0.25, -0.2) is 13.2 Å². The SMILES string of the molecule is CO[C@H]1C[C@H](c2nnc(C)o2)N(Cc2cc(F)c(F)cc2F)C1. The summed E-state index contributed by atoms with van der Waals surface area (Å²) in [7, 11) is 1.59. The lowest BCUT2D eigenvalue weighted by molar-refractivity contribution is 0.107. The van der Waals surface area contributed by atoms with Gasteiger partial charge in [-0.2, -0.15) is 0 Å². The Labute approximate surface area is 131 Å². The second-order valence-electron chi connectivity index (χ2n) is 5.56. The first-order valence-electron chi connectivity index (χ1n) is 7.18. The first kappa shape index (κ1) is 15.9. The molecular formula is C15H16F3N3O2. The number of benzene rings is 1. The predicted molar refractivity (Wildman–Crippen MR) is 73.9 cm³/mol. The minimum atomic E-state index is -1.20. The summed E-state index contributed by atoms with van der Waals surface area (Å²) in [4.78, 5) is 1.86. The van der Waals surface area contributed by atoms with Crippen LogP contribution in [-0.4, -0.2) is 34.9 Å². The van der Waals surface area contributed by atoms with E-state index in [2.05, 4.69) is 10.2 Å². The van der Waals surface area contributed by atoms with Crippen molar-refractivity contribution < 1.29 is 22.3 Å². The topological polar surface area (TPSA) is 51.4 Å². The normalized spacial score (nSPS) is 22.0. The highest BCUT2D eigenvalue weighted by Crippen LogP contribution is 2.34. The molecule has 2 aromatic rings. The molecule has 0 N–H and O–H groups in total. The highest BCUT2D eigenvalue weighted by molar-refractivity contribution is 5.20. The van der Waals surface area contributed by atoms with Gasteiger partial charge in [-0.3, -0.25) is 4.90 Å². The highest BCUT2D eigenvalue weighted by Gasteiger charge is 2.37. The van der Waals surface area contributed by atoms with Crippen LogP contribution < -0.4 is 0 Å². The van der Waals surface area contributed by atoms with Crippen LogP contribution in [0.1, 0.15) is 29.8 Å². The van der Waals surface area contributed by atoms with Crippen LogP contribution >= 0.6 is 0 Å². The second kappa shape index (κ2) is 6.29. The van der Waals surface area contributed by atoms with Crippen molar-refractivity contribution in [2.24, 2.45) is 0 Å². The number of methoxy groups -OCH3 is 1. The third-order valence-electron chi connectivity index (χ3n) is 3.99. The maximum atomic E-state index is 13.9. The van der Waals surface area contributed by atoms with Gasteiger partial charge in [0.05, 0.1) is 12.1 Å². The van der Waals surface area contributed by atoms with E-state index in [9.17, 15) is 13.2 Å². The number of hydrogen-bond acceptors (Lipinski definition) is 5. The Morgan fingerprint density at radius 2 is 1.96 bits per heavy atom. The Morgan fingerprint density at radius 1 is 1.22 bits per heavy atom. The second-order valence-corrected chi connectivity index (χ2v) is 5.56. The van der Waals surface area contributed by atoms with E-state index in [-0.39, 0.29) is 24.3 Å². The Hall–Kier alpha value is -1.93. The van der Waals surface area contributed by atoms with Crippen LogP contribution in [0.25, 0.3) is 0 Å². The zero-order valence-corrected chi connectivity index (χ0v) is 12.7. The fraction of sp³-hybridized carbons (Fsp3) is 0.467. The third-order valence-corrected chi connectivity index (χ3v) is 3.99. The molecule has 0 saturated carbocycles. The molecule has 1 aromatic heterocycles. The molecule has 0 amide bonds. The molecule has 0 radical (unpaired) electrons. The molecule has 0 unspecified atom stereocenters. The molecule has 2 heterocycles. The van der Waals surface area contributed by atoms with Gasteiger partial charge in [-0.15, -0.1) is 10.2 Å². The molecule has 0 bridgehead atoms. The lowest BCUT2D eigenvalue weighted by Gasteiger charge is -2.21. The molecule has 1 aliphatic heterocycles. The summed E-state index contributed by atoms with van der Waals surface area (Å²) in [6.45, 7) is 2.27. The lowest BCUT2D eigenvalue weighted by Crippen LogP contribution is -2.25. The van der Waals surface area contributed by atoms with Crippen LogP contribution in [0.15, 0.2) is 16.5 Å². The molecule has 3 rings (SSSR count).